The van der Waals surface area contributed by atoms with E-state index in [1.54, 1.807) is 19.2 Å². The molecule has 4 atom stereocenters. The second-order valence-electron chi connectivity index (χ2n) is 8.72. The lowest BCUT2D eigenvalue weighted by molar-refractivity contribution is -0.153. The number of benzene rings is 1. The van der Waals surface area contributed by atoms with Crippen LogP contribution >= 0.6 is 0 Å². The molecule has 29 heavy (non-hydrogen) atoms. The van der Waals surface area contributed by atoms with Gasteiger partial charge in [0.15, 0.2) is 11.5 Å². The van der Waals surface area contributed by atoms with Crippen molar-refractivity contribution < 1.29 is 19.4 Å². The normalized spacial score (nSPS) is 29.3. The minimum absolute atomic E-state index is 0.0468. The number of fused-ring (bicyclic) bond motifs is 4. The zero-order valence-electron chi connectivity index (χ0n) is 17.3. The van der Waals surface area contributed by atoms with Crippen LogP contribution in [-0.2, 0) is 16.1 Å². The predicted molar refractivity (Wildman–Crippen MR) is 108 cm³/mol. The average molecular weight is 402 g/mol. The molecule has 0 radical (unpaired) electrons. The Morgan fingerprint density at radius 2 is 2.10 bits per heavy atom. The van der Waals surface area contributed by atoms with Crippen LogP contribution in [-0.4, -0.2) is 65.5 Å². The van der Waals surface area contributed by atoms with E-state index in [-0.39, 0.29) is 29.6 Å². The zero-order chi connectivity index (χ0) is 20.5. The van der Waals surface area contributed by atoms with E-state index >= 15 is 0 Å². The molecule has 0 aromatic heterocycles. The van der Waals surface area contributed by atoms with Gasteiger partial charge in [-0.05, 0) is 48.8 Å². The molecule has 3 aliphatic heterocycles. The molecule has 0 spiro atoms. The fraction of sp³-hybridized carbons (Fsp3) is 0.636. The number of hydrogen-bond acceptors (Lipinski definition) is 5. The highest BCUT2D eigenvalue weighted by Crippen LogP contribution is 2.42. The molecule has 158 valence electrons. The molecule has 4 rings (SSSR count). The van der Waals surface area contributed by atoms with Crippen LogP contribution < -0.4 is 10.1 Å². The van der Waals surface area contributed by atoms with Gasteiger partial charge < -0.3 is 20.1 Å². The first-order valence-corrected chi connectivity index (χ1v) is 10.6. The largest absolute Gasteiger partial charge is 0.504 e. The maximum absolute atomic E-state index is 12.7. The van der Waals surface area contributed by atoms with Gasteiger partial charge in [0, 0.05) is 45.6 Å². The Morgan fingerprint density at radius 3 is 2.83 bits per heavy atom. The fourth-order valence-corrected chi connectivity index (χ4v) is 5.60. The lowest BCUT2D eigenvalue weighted by Crippen LogP contribution is -2.66. The minimum Gasteiger partial charge on any atom is -0.504 e. The molecule has 2 amide bonds. The van der Waals surface area contributed by atoms with Crippen molar-refractivity contribution >= 4 is 11.8 Å². The number of rotatable bonds is 5. The van der Waals surface area contributed by atoms with E-state index in [0.29, 0.717) is 30.6 Å². The van der Waals surface area contributed by atoms with Crippen molar-refractivity contribution in [2.45, 2.75) is 51.2 Å². The first-order chi connectivity index (χ1) is 14.0. The summed E-state index contributed by atoms with van der Waals surface area (Å²) < 4.78 is 5.14. The SMILES string of the molecule is COc1ccc(CN2C[C@H]3C[C@@H](C2)[C@H](CNC(C)=O)N2C(=O)CCC[C@@H]32)cc1O. The number of piperidine rings is 3. The summed E-state index contributed by atoms with van der Waals surface area (Å²) in [5.74, 6) is 1.67. The van der Waals surface area contributed by atoms with Crippen molar-refractivity contribution in [3.05, 3.63) is 23.8 Å². The Labute approximate surface area is 172 Å². The van der Waals surface area contributed by atoms with E-state index < -0.39 is 0 Å². The molecular weight excluding hydrogens is 370 g/mol. The molecular formula is C22H31N3O4. The molecule has 2 N–H and O–H groups in total. The quantitative estimate of drug-likeness (QED) is 0.785. The smallest absolute Gasteiger partial charge is 0.223 e. The second-order valence-corrected chi connectivity index (χ2v) is 8.72. The van der Waals surface area contributed by atoms with Gasteiger partial charge in [-0.15, -0.1) is 0 Å². The number of phenols is 1. The molecule has 7 heteroatoms. The summed E-state index contributed by atoms with van der Waals surface area (Å²) >= 11 is 0. The van der Waals surface area contributed by atoms with E-state index in [9.17, 15) is 14.7 Å². The minimum atomic E-state index is -0.0468. The average Bonchev–Trinajstić information content (AvgIpc) is 2.68. The van der Waals surface area contributed by atoms with Crippen LogP contribution in [0.2, 0.25) is 0 Å². The lowest BCUT2D eigenvalue weighted by Gasteiger charge is -2.56. The topological polar surface area (TPSA) is 82.1 Å². The molecule has 1 aromatic carbocycles. The van der Waals surface area contributed by atoms with E-state index in [2.05, 4.69) is 15.1 Å². The third kappa shape index (κ3) is 4.06. The Bertz CT molecular complexity index is 783. The van der Waals surface area contributed by atoms with Crippen LogP contribution in [0.15, 0.2) is 18.2 Å². The number of amides is 2. The first kappa shape index (κ1) is 20.0. The Kier molecular flexibility index (Phi) is 5.67. The van der Waals surface area contributed by atoms with E-state index in [1.807, 2.05) is 6.07 Å². The number of nitrogens with one attached hydrogen (secondary N) is 1. The van der Waals surface area contributed by atoms with Gasteiger partial charge in [0.2, 0.25) is 11.8 Å². The van der Waals surface area contributed by atoms with Crippen molar-refractivity contribution in [1.29, 1.82) is 0 Å². The molecule has 3 heterocycles. The molecule has 1 aromatic rings. The summed E-state index contributed by atoms with van der Waals surface area (Å²) in [6, 6.07) is 5.91. The monoisotopic (exact) mass is 401 g/mol. The Morgan fingerprint density at radius 1 is 1.31 bits per heavy atom. The number of ether oxygens (including phenoxy) is 1. The van der Waals surface area contributed by atoms with Crippen molar-refractivity contribution in [3.63, 3.8) is 0 Å². The molecule has 0 aliphatic carbocycles. The molecule has 0 unspecified atom stereocenters. The van der Waals surface area contributed by atoms with Crippen molar-refractivity contribution in [3.8, 4) is 11.5 Å². The summed E-state index contributed by atoms with van der Waals surface area (Å²) in [7, 11) is 1.55. The van der Waals surface area contributed by atoms with Gasteiger partial charge in [0.1, 0.15) is 0 Å². The van der Waals surface area contributed by atoms with Crippen LogP contribution in [0.3, 0.4) is 0 Å². The highest BCUT2D eigenvalue weighted by Gasteiger charge is 2.49. The van der Waals surface area contributed by atoms with Gasteiger partial charge in [-0.3, -0.25) is 14.5 Å². The van der Waals surface area contributed by atoms with Gasteiger partial charge in [-0.25, -0.2) is 0 Å². The molecule has 2 bridgehead atoms. The summed E-state index contributed by atoms with van der Waals surface area (Å²) in [4.78, 5) is 28.8. The summed E-state index contributed by atoms with van der Waals surface area (Å²) in [5, 5.41) is 13.1. The molecule has 3 saturated heterocycles. The third-order valence-corrected chi connectivity index (χ3v) is 6.78. The summed E-state index contributed by atoms with van der Waals surface area (Å²) in [6.07, 6.45) is 3.75. The first-order valence-electron chi connectivity index (χ1n) is 10.6. The maximum Gasteiger partial charge on any atom is 0.223 e. The third-order valence-electron chi connectivity index (χ3n) is 6.78. The van der Waals surface area contributed by atoms with E-state index in [0.717, 1.165) is 44.5 Å². The molecule has 3 aliphatic rings. The van der Waals surface area contributed by atoms with Crippen LogP contribution in [0, 0.1) is 11.8 Å². The van der Waals surface area contributed by atoms with Crippen LogP contribution in [0.5, 0.6) is 11.5 Å². The second kappa shape index (κ2) is 8.22. The maximum atomic E-state index is 12.7. The molecule has 0 saturated carbocycles. The van der Waals surface area contributed by atoms with Gasteiger partial charge in [-0.1, -0.05) is 6.07 Å². The lowest BCUT2D eigenvalue weighted by atomic mass is 9.72. The van der Waals surface area contributed by atoms with E-state index in [4.69, 9.17) is 4.74 Å². The number of carbonyl (C=O) groups is 2. The van der Waals surface area contributed by atoms with Gasteiger partial charge in [0.25, 0.3) is 0 Å². The highest BCUT2D eigenvalue weighted by molar-refractivity contribution is 5.78. The van der Waals surface area contributed by atoms with Crippen molar-refractivity contribution in [2.75, 3.05) is 26.7 Å². The van der Waals surface area contributed by atoms with Crippen LogP contribution in [0.25, 0.3) is 0 Å². The summed E-state index contributed by atoms with van der Waals surface area (Å²) in [6.45, 7) is 4.68. The number of nitrogens with zero attached hydrogens (tertiary/aromatic N) is 2. The Hall–Kier alpha value is -2.28. The fourth-order valence-electron chi connectivity index (χ4n) is 5.60. The zero-order valence-corrected chi connectivity index (χ0v) is 17.3. The van der Waals surface area contributed by atoms with E-state index in [1.165, 1.54) is 6.92 Å². The highest BCUT2D eigenvalue weighted by atomic mass is 16.5. The van der Waals surface area contributed by atoms with Crippen molar-refractivity contribution in [1.82, 2.24) is 15.1 Å². The van der Waals surface area contributed by atoms with Crippen LogP contribution in [0.4, 0.5) is 0 Å². The number of aromatic hydroxyl groups is 1. The Balaban J connectivity index is 1.52. The number of methoxy groups -OCH3 is 1. The standard InChI is InChI=1S/C22H31N3O4/c1-14(26)23-10-19-17-9-16(18-4-3-5-22(28)25(18)19)12-24(13-17)11-15-6-7-21(29-2)20(27)8-15/h6-8,16-19,27H,3-5,9-13H2,1-2H3,(H,23,26)/t16-,17+,18+,19+/m1/s1. The van der Waals surface area contributed by atoms with Crippen molar-refractivity contribution in [2.24, 2.45) is 11.8 Å². The number of carbonyl (C=O) groups excluding carboxylic acids is 2. The molecule has 3 fully saturated rings. The predicted octanol–water partition coefficient (Wildman–Crippen LogP) is 1.74. The number of phenolic OH excluding ortho intramolecular Hbond substituents is 1. The number of likely N-dealkylation sites (tertiary alicyclic amines) is 1. The summed E-state index contributed by atoms with van der Waals surface area (Å²) in [5.41, 5.74) is 1.05. The van der Waals surface area contributed by atoms with Gasteiger partial charge in [0.05, 0.1) is 13.2 Å². The van der Waals surface area contributed by atoms with Gasteiger partial charge >= 0.3 is 0 Å². The van der Waals surface area contributed by atoms with Crippen LogP contribution in [0.1, 0.15) is 38.2 Å². The van der Waals surface area contributed by atoms with Gasteiger partial charge in [-0.2, -0.15) is 0 Å². The molecule has 7 nitrogen and oxygen atoms in total. The number of hydrogen-bond donors (Lipinski definition) is 2.